The molecule has 0 aliphatic heterocycles. The van der Waals surface area contributed by atoms with E-state index in [2.05, 4.69) is 10.6 Å². The first-order chi connectivity index (χ1) is 17.9. The molecule has 11 heteroatoms. The first-order valence-electron chi connectivity index (χ1n) is 12.2. The van der Waals surface area contributed by atoms with Crippen molar-refractivity contribution in [3.8, 4) is 0 Å². The molecule has 2 aromatic carbocycles. The molecule has 2 unspecified atom stereocenters. The largest absolute Gasteiger partial charge is 0.480 e. The van der Waals surface area contributed by atoms with Gasteiger partial charge in [-0.15, -0.1) is 23.2 Å². The molecule has 0 aliphatic carbocycles. The number of carbonyl (C=O) groups excluding carboxylic acids is 2. The molecular formula is C27H34Cl2FN3O5. The summed E-state index contributed by atoms with van der Waals surface area (Å²) in [6.45, 7) is 6.27. The summed E-state index contributed by atoms with van der Waals surface area (Å²) in [5, 5.41) is 15.1. The molecule has 3 N–H and O–H groups in total. The van der Waals surface area contributed by atoms with Gasteiger partial charge in [0, 0.05) is 49.4 Å². The lowest BCUT2D eigenvalue weighted by Crippen LogP contribution is -2.46. The smallest absolute Gasteiger partial charge is 0.407 e. The number of benzene rings is 2. The van der Waals surface area contributed by atoms with E-state index < -0.39 is 41.3 Å². The van der Waals surface area contributed by atoms with E-state index in [-0.39, 0.29) is 13.0 Å². The number of alkyl carbamates (subject to hydrolysis) is 1. The highest BCUT2D eigenvalue weighted by atomic mass is 35.5. The molecule has 38 heavy (non-hydrogen) atoms. The fourth-order valence-corrected chi connectivity index (χ4v) is 4.25. The Kier molecular flexibility index (Phi) is 12.1. The molecule has 0 spiro atoms. The molecule has 0 heterocycles. The zero-order valence-corrected chi connectivity index (χ0v) is 23.2. The number of halogens is 3. The highest BCUT2D eigenvalue weighted by molar-refractivity contribution is 6.18. The van der Waals surface area contributed by atoms with Crippen LogP contribution in [-0.2, 0) is 14.3 Å². The molecule has 2 rings (SSSR count). The van der Waals surface area contributed by atoms with Gasteiger partial charge in [-0.25, -0.2) is 14.0 Å². The number of carboxylic acids is 1. The van der Waals surface area contributed by atoms with Crippen molar-refractivity contribution < 1.29 is 28.6 Å². The molecule has 0 saturated heterocycles. The van der Waals surface area contributed by atoms with Gasteiger partial charge in [0.05, 0.1) is 0 Å². The normalized spacial score (nSPS) is 12.8. The van der Waals surface area contributed by atoms with E-state index in [9.17, 15) is 23.9 Å². The number of anilines is 1. The van der Waals surface area contributed by atoms with E-state index >= 15 is 0 Å². The van der Waals surface area contributed by atoms with Crippen LogP contribution < -0.4 is 15.5 Å². The van der Waals surface area contributed by atoms with Crippen molar-refractivity contribution >= 4 is 46.9 Å². The van der Waals surface area contributed by atoms with Crippen LogP contribution in [0.25, 0.3) is 0 Å². The fourth-order valence-electron chi connectivity index (χ4n) is 3.84. The number of hydrogen-bond donors (Lipinski definition) is 3. The molecule has 2 amide bonds. The van der Waals surface area contributed by atoms with Gasteiger partial charge in [-0.05, 0) is 56.2 Å². The summed E-state index contributed by atoms with van der Waals surface area (Å²) in [5.41, 5.74) is 1.29. The number of hydrogen-bond acceptors (Lipinski definition) is 5. The van der Waals surface area contributed by atoms with Gasteiger partial charge in [0.15, 0.2) is 0 Å². The third kappa shape index (κ3) is 10.0. The lowest BCUT2D eigenvalue weighted by molar-refractivity contribution is -0.142. The topological polar surface area (TPSA) is 108 Å². The summed E-state index contributed by atoms with van der Waals surface area (Å²) in [6.07, 6.45) is -0.842. The quantitative estimate of drug-likeness (QED) is 0.301. The van der Waals surface area contributed by atoms with E-state index in [1.54, 1.807) is 32.9 Å². The maximum Gasteiger partial charge on any atom is 0.407 e. The average molecular weight is 570 g/mol. The number of carboxylic acid groups (broad SMARTS) is 1. The minimum absolute atomic E-state index is 0.0417. The zero-order chi connectivity index (χ0) is 28.3. The summed E-state index contributed by atoms with van der Waals surface area (Å²) in [7, 11) is 0. The number of nitrogens with zero attached hydrogens (tertiary/aromatic N) is 1. The second kappa shape index (κ2) is 14.8. The third-order valence-electron chi connectivity index (χ3n) is 5.49. The van der Waals surface area contributed by atoms with Crippen LogP contribution in [0.15, 0.2) is 48.5 Å². The average Bonchev–Trinajstić information content (AvgIpc) is 2.84. The van der Waals surface area contributed by atoms with E-state index in [0.29, 0.717) is 36.0 Å². The minimum atomic E-state index is -1.36. The molecule has 0 bridgehead atoms. The van der Waals surface area contributed by atoms with Gasteiger partial charge in [0.1, 0.15) is 17.5 Å². The molecule has 208 valence electrons. The number of amides is 2. The highest BCUT2D eigenvalue weighted by Gasteiger charge is 2.32. The van der Waals surface area contributed by atoms with Crippen LogP contribution in [0.3, 0.4) is 0 Å². The van der Waals surface area contributed by atoms with Crippen molar-refractivity contribution in [3.05, 3.63) is 65.5 Å². The second-order valence-electron chi connectivity index (χ2n) is 9.55. The number of nitrogens with one attached hydrogen (secondary N) is 2. The number of aliphatic carboxylic acids is 1. The Morgan fingerprint density at radius 3 is 1.97 bits per heavy atom. The van der Waals surface area contributed by atoms with E-state index in [1.165, 1.54) is 24.3 Å². The summed E-state index contributed by atoms with van der Waals surface area (Å²) in [6, 6.07) is 11.3. The van der Waals surface area contributed by atoms with Crippen molar-refractivity contribution in [2.24, 2.45) is 0 Å². The van der Waals surface area contributed by atoms with Crippen LogP contribution in [0.4, 0.5) is 14.9 Å². The SMILES string of the molecule is CC(C)(C)OC(=O)NCCC(=O)NC(C(=O)O)C(c1ccc(F)cc1)c1ccc(N(CCCl)CCCl)cc1. The van der Waals surface area contributed by atoms with E-state index in [4.69, 9.17) is 27.9 Å². The zero-order valence-electron chi connectivity index (χ0n) is 21.7. The summed E-state index contributed by atoms with van der Waals surface area (Å²) in [4.78, 5) is 38.9. The van der Waals surface area contributed by atoms with Crippen molar-refractivity contribution in [2.75, 3.05) is 36.3 Å². The fraction of sp³-hybridized carbons (Fsp3) is 0.444. The van der Waals surface area contributed by atoms with Gasteiger partial charge in [0.2, 0.25) is 5.91 Å². The maximum atomic E-state index is 13.7. The lowest BCUT2D eigenvalue weighted by Gasteiger charge is -2.27. The Morgan fingerprint density at radius 1 is 0.974 bits per heavy atom. The number of carbonyl (C=O) groups is 3. The first-order valence-corrected chi connectivity index (χ1v) is 13.2. The van der Waals surface area contributed by atoms with E-state index in [0.717, 1.165) is 5.69 Å². The van der Waals surface area contributed by atoms with Gasteiger partial charge in [-0.1, -0.05) is 24.3 Å². The molecule has 2 atom stereocenters. The third-order valence-corrected chi connectivity index (χ3v) is 5.83. The van der Waals surface area contributed by atoms with Crippen molar-refractivity contribution in [1.82, 2.24) is 10.6 Å². The van der Waals surface area contributed by atoms with Crippen LogP contribution in [0, 0.1) is 5.82 Å². The molecule has 0 saturated carbocycles. The summed E-state index contributed by atoms with van der Waals surface area (Å²) < 4.78 is 18.8. The number of alkyl halides is 2. The molecule has 2 aromatic rings. The molecule has 0 radical (unpaired) electrons. The monoisotopic (exact) mass is 569 g/mol. The van der Waals surface area contributed by atoms with Crippen LogP contribution in [0.2, 0.25) is 0 Å². The molecule has 0 aromatic heterocycles. The second-order valence-corrected chi connectivity index (χ2v) is 10.3. The van der Waals surface area contributed by atoms with Gasteiger partial charge in [0.25, 0.3) is 0 Å². The predicted octanol–water partition coefficient (Wildman–Crippen LogP) is 4.73. The Bertz CT molecular complexity index is 1060. The standard InChI is InChI=1S/C27H34Cl2FN3O5/c1-27(2,3)38-26(37)31-15-12-22(34)32-24(25(35)36)23(18-4-8-20(30)9-5-18)19-6-10-21(11-7-19)33(16-13-28)17-14-29/h4-11,23-24H,12-17H2,1-3H3,(H,31,37)(H,32,34)(H,35,36). The van der Waals surface area contributed by atoms with Gasteiger partial charge < -0.3 is 25.4 Å². The summed E-state index contributed by atoms with van der Waals surface area (Å²) >= 11 is 11.8. The first kappa shape index (κ1) is 31.2. The summed E-state index contributed by atoms with van der Waals surface area (Å²) in [5.74, 6) is -2.31. The lowest BCUT2D eigenvalue weighted by atomic mass is 9.84. The molecular weight excluding hydrogens is 536 g/mol. The Morgan fingerprint density at radius 2 is 1.50 bits per heavy atom. The number of rotatable bonds is 13. The van der Waals surface area contributed by atoms with Crippen LogP contribution in [0.1, 0.15) is 44.2 Å². The minimum Gasteiger partial charge on any atom is -0.480 e. The number of ether oxygens (including phenoxy) is 1. The maximum absolute atomic E-state index is 13.7. The Labute approximate surface area is 232 Å². The van der Waals surface area contributed by atoms with E-state index in [1.807, 2.05) is 17.0 Å². The van der Waals surface area contributed by atoms with Crippen LogP contribution in [-0.4, -0.2) is 66.1 Å². The van der Waals surface area contributed by atoms with Crippen molar-refractivity contribution in [2.45, 2.75) is 44.8 Å². The van der Waals surface area contributed by atoms with Crippen molar-refractivity contribution in [3.63, 3.8) is 0 Å². The van der Waals surface area contributed by atoms with Crippen molar-refractivity contribution in [1.29, 1.82) is 0 Å². The Hall–Kier alpha value is -3.04. The van der Waals surface area contributed by atoms with Gasteiger partial charge in [-0.2, -0.15) is 0 Å². The highest BCUT2D eigenvalue weighted by Crippen LogP contribution is 2.30. The molecule has 8 nitrogen and oxygen atoms in total. The van der Waals surface area contributed by atoms with Crippen LogP contribution >= 0.6 is 23.2 Å². The predicted molar refractivity (Wildman–Crippen MR) is 147 cm³/mol. The molecule has 0 aliphatic rings. The van der Waals surface area contributed by atoms with Gasteiger partial charge in [-0.3, -0.25) is 4.79 Å². The molecule has 0 fully saturated rings. The van der Waals surface area contributed by atoms with Gasteiger partial charge >= 0.3 is 12.1 Å². The Balaban J connectivity index is 2.27. The van der Waals surface area contributed by atoms with Crippen LogP contribution in [0.5, 0.6) is 0 Å².